The van der Waals surface area contributed by atoms with Crippen molar-refractivity contribution < 1.29 is 23.8 Å². The number of hydrogen-bond acceptors (Lipinski definition) is 6. The van der Waals surface area contributed by atoms with Crippen LogP contribution in [-0.4, -0.2) is 60.9 Å². The van der Waals surface area contributed by atoms with Gasteiger partial charge in [0.15, 0.2) is 0 Å². The number of para-hydroxylation sites is 1. The molecule has 0 aliphatic carbocycles. The second-order valence-electron chi connectivity index (χ2n) is 6.87. The van der Waals surface area contributed by atoms with E-state index >= 15 is 0 Å². The highest BCUT2D eigenvalue weighted by Gasteiger charge is 2.47. The van der Waals surface area contributed by atoms with E-state index in [-0.39, 0.29) is 11.3 Å². The Balaban J connectivity index is 2.08. The van der Waals surface area contributed by atoms with Gasteiger partial charge in [-0.15, -0.1) is 0 Å². The Hall–Kier alpha value is -3.06. The quantitative estimate of drug-likeness (QED) is 0.449. The van der Waals surface area contributed by atoms with Gasteiger partial charge in [-0.05, 0) is 51.3 Å². The SMILES string of the molecule is COc1ccccc1/C(O)=C1\C(=O)C(=O)N(CCCN(C)C)C1c1ccco1. The van der Waals surface area contributed by atoms with Gasteiger partial charge >= 0.3 is 0 Å². The van der Waals surface area contributed by atoms with Gasteiger partial charge < -0.3 is 24.1 Å². The number of Topliss-reactive ketones (excluding diaryl/α,β-unsaturated/α-hetero) is 1. The van der Waals surface area contributed by atoms with Crippen molar-refractivity contribution in [2.24, 2.45) is 0 Å². The fourth-order valence-corrected chi connectivity index (χ4v) is 3.40. The monoisotopic (exact) mass is 384 g/mol. The van der Waals surface area contributed by atoms with Gasteiger partial charge in [0.05, 0.1) is 24.5 Å². The minimum Gasteiger partial charge on any atom is -0.507 e. The van der Waals surface area contributed by atoms with E-state index in [2.05, 4.69) is 0 Å². The molecule has 0 saturated carbocycles. The first-order valence-corrected chi connectivity index (χ1v) is 9.05. The number of aliphatic hydroxyl groups excluding tert-OH is 1. The third kappa shape index (κ3) is 3.66. The topological polar surface area (TPSA) is 83.2 Å². The molecule has 1 atom stereocenters. The van der Waals surface area contributed by atoms with Gasteiger partial charge in [0.2, 0.25) is 0 Å². The van der Waals surface area contributed by atoms with Crippen LogP contribution in [0.2, 0.25) is 0 Å². The number of carbonyl (C=O) groups excluding carboxylic acids is 2. The first-order chi connectivity index (χ1) is 13.5. The number of ether oxygens (including phenoxy) is 1. The van der Waals surface area contributed by atoms with E-state index in [4.69, 9.17) is 9.15 Å². The highest BCUT2D eigenvalue weighted by Crippen LogP contribution is 2.40. The maximum atomic E-state index is 12.8. The summed E-state index contributed by atoms with van der Waals surface area (Å²) in [5.41, 5.74) is 0.363. The molecular weight excluding hydrogens is 360 g/mol. The molecule has 7 nitrogen and oxygen atoms in total. The van der Waals surface area contributed by atoms with Crippen molar-refractivity contribution in [2.75, 3.05) is 34.3 Å². The molecule has 148 valence electrons. The lowest BCUT2D eigenvalue weighted by Gasteiger charge is -2.24. The third-order valence-corrected chi connectivity index (χ3v) is 4.72. The highest BCUT2D eigenvalue weighted by molar-refractivity contribution is 6.46. The Morgan fingerprint density at radius 3 is 2.61 bits per heavy atom. The van der Waals surface area contributed by atoms with Gasteiger partial charge in [0.1, 0.15) is 23.3 Å². The molecule has 2 aromatic rings. The fraction of sp³-hybridized carbons (Fsp3) is 0.333. The first-order valence-electron chi connectivity index (χ1n) is 9.05. The molecule has 1 aliphatic rings. The van der Waals surface area contributed by atoms with Crippen LogP contribution in [0, 0.1) is 0 Å². The zero-order chi connectivity index (χ0) is 20.3. The van der Waals surface area contributed by atoms with Crippen LogP contribution in [-0.2, 0) is 9.59 Å². The van der Waals surface area contributed by atoms with Crippen LogP contribution in [0.1, 0.15) is 23.8 Å². The number of methoxy groups -OCH3 is 1. The molecule has 0 radical (unpaired) electrons. The fourth-order valence-electron chi connectivity index (χ4n) is 3.40. The second-order valence-corrected chi connectivity index (χ2v) is 6.87. The van der Waals surface area contributed by atoms with Gasteiger partial charge in [-0.3, -0.25) is 9.59 Å². The van der Waals surface area contributed by atoms with Gasteiger partial charge in [-0.1, -0.05) is 12.1 Å². The average Bonchev–Trinajstić information content (AvgIpc) is 3.29. The van der Waals surface area contributed by atoms with Crippen LogP contribution in [0.4, 0.5) is 0 Å². The number of aliphatic hydroxyl groups is 1. The van der Waals surface area contributed by atoms with E-state index in [1.54, 1.807) is 36.4 Å². The molecule has 1 N–H and O–H groups in total. The smallest absolute Gasteiger partial charge is 0.295 e. The summed E-state index contributed by atoms with van der Waals surface area (Å²) < 4.78 is 10.8. The van der Waals surface area contributed by atoms with E-state index in [1.165, 1.54) is 18.3 Å². The van der Waals surface area contributed by atoms with Crippen LogP contribution < -0.4 is 4.74 Å². The Bertz CT molecular complexity index is 886. The van der Waals surface area contributed by atoms with Crippen molar-refractivity contribution in [3.05, 3.63) is 59.6 Å². The van der Waals surface area contributed by atoms with Crippen molar-refractivity contribution in [1.82, 2.24) is 9.80 Å². The number of ketones is 1. The zero-order valence-corrected chi connectivity index (χ0v) is 16.2. The predicted octanol–water partition coefficient (Wildman–Crippen LogP) is 2.66. The molecule has 1 aromatic carbocycles. The maximum absolute atomic E-state index is 12.8. The molecule has 28 heavy (non-hydrogen) atoms. The molecular formula is C21H24N2O5. The third-order valence-electron chi connectivity index (χ3n) is 4.72. The maximum Gasteiger partial charge on any atom is 0.295 e. The van der Waals surface area contributed by atoms with Crippen molar-refractivity contribution in [3.63, 3.8) is 0 Å². The molecule has 0 spiro atoms. The van der Waals surface area contributed by atoms with Crippen LogP contribution in [0.15, 0.2) is 52.7 Å². The second kappa shape index (κ2) is 8.31. The van der Waals surface area contributed by atoms with Crippen molar-refractivity contribution >= 4 is 17.4 Å². The number of rotatable bonds is 7. The molecule has 1 aliphatic heterocycles. The number of furan rings is 1. The van der Waals surface area contributed by atoms with Gasteiger partial charge in [-0.25, -0.2) is 0 Å². The minimum atomic E-state index is -0.776. The van der Waals surface area contributed by atoms with Crippen molar-refractivity contribution in [1.29, 1.82) is 0 Å². The summed E-state index contributed by atoms with van der Waals surface area (Å²) >= 11 is 0. The lowest BCUT2D eigenvalue weighted by atomic mass is 9.99. The van der Waals surface area contributed by atoms with Crippen LogP contribution in [0.5, 0.6) is 5.75 Å². The number of carbonyl (C=O) groups is 2. The standard InChI is InChI=1S/C21H24N2O5/c1-22(2)11-7-12-23-18(16-10-6-13-28-16)17(20(25)21(23)26)19(24)14-8-4-5-9-15(14)27-3/h4-6,8-10,13,18,24H,7,11-12H2,1-3H3/b19-17+. The van der Waals surface area contributed by atoms with Crippen LogP contribution in [0.25, 0.3) is 5.76 Å². The Morgan fingerprint density at radius 1 is 1.21 bits per heavy atom. The zero-order valence-electron chi connectivity index (χ0n) is 16.2. The van der Waals surface area contributed by atoms with Crippen LogP contribution in [0.3, 0.4) is 0 Å². The van der Waals surface area contributed by atoms with Crippen LogP contribution >= 0.6 is 0 Å². The molecule has 7 heteroatoms. The molecule has 1 fully saturated rings. The minimum absolute atomic E-state index is 0.00861. The molecule has 1 saturated heterocycles. The lowest BCUT2D eigenvalue weighted by Crippen LogP contribution is -2.32. The first kappa shape index (κ1) is 19.7. The summed E-state index contributed by atoms with van der Waals surface area (Å²) in [7, 11) is 5.37. The Labute approximate surface area is 163 Å². The van der Waals surface area contributed by atoms with E-state index in [0.717, 1.165) is 6.54 Å². The van der Waals surface area contributed by atoms with Gasteiger partial charge in [0, 0.05) is 6.54 Å². The van der Waals surface area contributed by atoms with Gasteiger partial charge in [0.25, 0.3) is 11.7 Å². The number of hydrogen-bond donors (Lipinski definition) is 1. The van der Waals surface area contributed by atoms with E-state index in [9.17, 15) is 14.7 Å². The molecule has 0 bridgehead atoms. The molecule has 1 aromatic heterocycles. The summed E-state index contributed by atoms with van der Waals surface area (Å²) in [6.45, 7) is 1.14. The molecule has 2 heterocycles. The number of benzene rings is 1. The number of nitrogens with zero attached hydrogens (tertiary/aromatic N) is 2. The normalized spacial score (nSPS) is 18.9. The lowest BCUT2D eigenvalue weighted by molar-refractivity contribution is -0.140. The largest absolute Gasteiger partial charge is 0.507 e. The van der Waals surface area contributed by atoms with Gasteiger partial charge in [-0.2, -0.15) is 0 Å². The predicted molar refractivity (Wildman–Crippen MR) is 104 cm³/mol. The summed E-state index contributed by atoms with van der Waals surface area (Å²) in [6.07, 6.45) is 2.17. The summed E-state index contributed by atoms with van der Waals surface area (Å²) in [5.74, 6) is -0.795. The summed E-state index contributed by atoms with van der Waals surface area (Å²) in [5, 5.41) is 11.0. The highest BCUT2D eigenvalue weighted by atomic mass is 16.5. The Kier molecular flexibility index (Phi) is 5.84. The number of likely N-dealkylation sites (tertiary alicyclic amines) is 1. The van der Waals surface area contributed by atoms with E-state index in [0.29, 0.717) is 30.0 Å². The summed E-state index contributed by atoms with van der Waals surface area (Å²) in [4.78, 5) is 29.0. The van der Waals surface area contributed by atoms with E-state index in [1.807, 2.05) is 19.0 Å². The van der Waals surface area contributed by atoms with Crippen molar-refractivity contribution in [2.45, 2.75) is 12.5 Å². The number of amides is 1. The molecule has 3 rings (SSSR count). The molecule has 1 unspecified atom stereocenters. The van der Waals surface area contributed by atoms with Crippen molar-refractivity contribution in [3.8, 4) is 5.75 Å². The Morgan fingerprint density at radius 2 is 1.96 bits per heavy atom. The average molecular weight is 384 g/mol. The molecule has 1 amide bonds. The van der Waals surface area contributed by atoms with E-state index < -0.39 is 17.7 Å². The summed E-state index contributed by atoms with van der Waals surface area (Å²) in [6, 6.07) is 9.44.